The predicted octanol–water partition coefficient (Wildman–Crippen LogP) is 2.90. The number of rotatable bonds is 6. The molecular weight excluding hydrogens is 424 g/mol. The van der Waals surface area contributed by atoms with Gasteiger partial charge in [0.1, 0.15) is 6.04 Å². The van der Waals surface area contributed by atoms with Crippen LogP contribution < -0.4 is 0 Å². The van der Waals surface area contributed by atoms with Gasteiger partial charge in [-0.25, -0.2) is 4.68 Å². The zero-order valence-corrected chi connectivity index (χ0v) is 16.7. The predicted molar refractivity (Wildman–Crippen MR) is 110 cm³/mol. The Kier molecular flexibility index (Phi) is 5.35. The molecule has 156 valence electrons. The summed E-state index contributed by atoms with van der Waals surface area (Å²) in [6.07, 6.45) is 2.79. The molecule has 0 saturated heterocycles. The van der Waals surface area contributed by atoms with Crippen LogP contribution in [0.2, 0.25) is 5.02 Å². The summed E-state index contributed by atoms with van der Waals surface area (Å²) in [5.74, 6) is -3.21. The first-order chi connectivity index (χ1) is 14.9. The second-order valence-corrected chi connectivity index (χ2v) is 7.36. The molecule has 4 rings (SSSR count). The van der Waals surface area contributed by atoms with Crippen molar-refractivity contribution in [2.75, 3.05) is 6.54 Å². The number of aromatic nitrogens is 2. The number of carbonyl (C=O) groups is 3. The van der Waals surface area contributed by atoms with Gasteiger partial charge >= 0.3 is 0 Å². The van der Waals surface area contributed by atoms with Gasteiger partial charge in [0.05, 0.1) is 17.0 Å². The maximum absolute atomic E-state index is 13.4. The van der Waals surface area contributed by atoms with Gasteiger partial charge in [0.25, 0.3) is 17.7 Å². The summed E-state index contributed by atoms with van der Waals surface area (Å²) in [5, 5.41) is 15.9. The SMILES string of the molecule is O=C1c2ccccc2C(=O)N1[C@@H](C[N+](=O)[O-])[C@@H](C(=O)n1cccn1)c1ccc(Cl)cc1. The van der Waals surface area contributed by atoms with Gasteiger partial charge in [0.15, 0.2) is 0 Å². The van der Waals surface area contributed by atoms with E-state index in [0.717, 1.165) is 9.58 Å². The van der Waals surface area contributed by atoms with E-state index in [1.807, 2.05) is 0 Å². The smallest absolute Gasteiger partial charge is 0.262 e. The van der Waals surface area contributed by atoms with Gasteiger partial charge in [-0.3, -0.25) is 29.4 Å². The monoisotopic (exact) mass is 438 g/mol. The van der Waals surface area contributed by atoms with Crippen LogP contribution in [0.25, 0.3) is 0 Å². The molecule has 0 saturated carbocycles. The largest absolute Gasteiger partial charge is 0.272 e. The lowest BCUT2D eigenvalue weighted by Gasteiger charge is -2.30. The molecule has 0 fully saturated rings. The van der Waals surface area contributed by atoms with Crippen LogP contribution in [0.4, 0.5) is 0 Å². The van der Waals surface area contributed by atoms with Gasteiger partial charge in [0.2, 0.25) is 6.54 Å². The number of amides is 2. The highest BCUT2D eigenvalue weighted by Gasteiger charge is 2.47. The molecule has 2 heterocycles. The molecule has 2 aromatic carbocycles. The van der Waals surface area contributed by atoms with Gasteiger partial charge in [-0.2, -0.15) is 5.10 Å². The summed E-state index contributed by atoms with van der Waals surface area (Å²) in [5.41, 5.74) is 0.651. The van der Waals surface area contributed by atoms with Crippen LogP contribution >= 0.6 is 11.6 Å². The Morgan fingerprint density at radius 2 is 1.65 bits per heavy atom. The fourth-order valence-corrected chi connectivity index (χ4v) is 3.87. The zero-order chi connectivity index (χ0) is 22.1. The molecule has 0 aliphatic carbocycles. The Labute approximate surface area is 181 Å². The summed E-state index contributed by atoms with van der Waals surface area (Å²) < 4.78 is 1.03. The first-order valence-corrected chi connectivity index (χ1v) is 9.64. The number of carbonyl (C=O) groups excluding carboxylic acids is 3. The minimum Gasteiger partial charge on any atom is -0.272 e. The first kappa shape index (κ1) is 20.4. The summed E-state index contributed by atoms with van der Waals surface area (Å²) in [4.78, 5) is 51.2. The third-order valence-electron chi connectivity index (χ3n) is 5.10. The number of hydrogen-bond donors (Lipinski definition) is 0. The van der Waals surface area contributed by atoms with Crippen molar-refractivity contribution in [3.8, 4) is 0 Å². The standard InChI is InChI=1S/C21H15ClN4O5/c22-14-8-6-13(7-9-14)18(21(29)24-11-3-10-23-24)17(12-25(30)31)26-19(27)15-4-1-2-5-16(15)20(26)28/h1-11,17-18H,12H2/t17-,18-/m0/s1. The number of nitro groups is 1. The number of hydrogen-bond acceptors (Lipinski definition) is 6. The van der Waals surface area contributed by atoms with E-state index < -0.39 is 41.1 Å². The molecule has 1 aliphatic rings. The van der Waals surface area contributed by atoms with E-state index in [9.17, 15) is 24.5 Å². The van der Waals surface area contributed by atoms with Crippen molar-refractivity contribution in [3.05, 3.63) is 98.8 Å². The van der Waals surface area contributed by atoms with E-state index in [4.69, 9.17) is 11.6 Å². The van der Waals surface area contributed by atoms with E-state index in [0.29, 0.717) is 10.6 Å². The molecule has 1 aliphatic heterocycles. The van der Waals surface area contributed by atoms with Crippen LogP contribution in [0, 0.1) is 10.1 Å². The molecule has 0 spiro atoms. The first-order valence-electron chi connectivity index (χ1n) is 9.26. The number of benzene rings is 2. The molecular formula is C21H15ClN4O5. The van der Waals surface area contributed by atoms with Crippen LogP contribution in [0.5, 0.6) is 0 Å². The quantitative estimate of drug-likeness (QED) is 0.332. The third-order valence-corrected chi connectivity index (χ3v) is 5.36. The lowest BCUT2D eigenvalue weighted by Crippen LogP contribution is -2.50. The molecule has 3 aromatic rings. The summed E-state index contributed by atoms with van der Waals surface area (Å²) in [6, 6.07) is 12.5. The van der Waals surface area contributed by atoms with Crippen molar-refractivity contribution in [1.82, 2.24) is 14.7 Å². The Bertz CT molecular complexity index is 1140. The average Bonchev–Trinajstić information content (AvgIpc) is 3.37. The minimum absolute atomic E-state index is 0.141. The van der Waals surface area contributed by atoms with Crippen LogP contribution in [0.1, 0.15) is 37.0 Å². The lowest BCUT2D eigenvalue weighted by atomic mass is 9.89. The zero-order valence-electron chi connectivity index (χ0n) is 15.9. The van der Waals surface area contributed by atoms with Crippen LogP contribution in [-0.2, 0) is 0 Å². The lowest BCUT2D eigenvalue weighted by molar-refractivity contribution is -0.485. The normalized spacial score (nSPS) is 14.9. The molecule has 0 radical (unpaired) electrons. The van der Waals surface area contributed by atoms with Crippen molar-refractivity contribution in [3.63, 3.8) is 0 Å². The van der Waals surface area contributed by atoms with Gasteiger partial charge in [-0.15, -0.1) is 0 Å². The fourth-order valence-electron chi connectivity index (χ4n) is 3.74. The number of fused-ring (bicyclic) bond motifs is 1. The Balaban J connectivity index is 1.85. The molecule has 2 atom stereocenters. The molecule has 9 nitrogen and oxygen atoms in total. The van der Waals surface area contributed by atoms with Gasteiger partial charge in [-0.1, -0.05) is 35.9 Å². The van der Waals surface area contributed by atoms with Crippen LogP contribution in [-0.4, -0.2) is 49.9 Å². The summed E-state index contributed by atoms with van der Waals surface area (Å²) >= 11 is 5.96. The third kappa shape index (κ3) is 3.71. The van der Waals surface area contributed by atoms with E-state index in [2.05, 4.69) is 5.10 Å². The number of imide groups is 1. The molecule has 31 heavy (non-hydrogen) atoms. The highest BCUT2D eigenvalue weighted by molar-refractivity contribution is 6.30. The van der Waals surface area contributed by atoms with E-state index in [-0.39, 0.29) is 11.1 Å². The molecule has 0 bridgehead atoms. The topological polar surface area (TPSA) is 115 Å². The fraction of sp³-hybridized carbons (Fsp3) is 0.143. The van der Waals surface area contributed by atoms with Crippen molar-refractivity contribution in [2.24, 2.45) is 0 Å². The molecule has 2 amide bonds. The van der Waals surface area contributed by atoms with Gasteiger partial charge in [-0.05, 0) is 35.9 Å². The maximum atomic E-state index is 13.4. The average molecular weight is 439 g/mol. The Morgan fingerprint density at radius 3 is 2.16 bits per heavy atom. The van der Waals surface area contributed by atoms with Gasteiger partial charge in [0, 0.05) is 22.3 Å². The van der Waals surface area contributed by atoms with E-state index >= 15 is 0 Å². The Morgan fingerprint density at radius 1 is 1.03 bits per heavy atom. The van der Waals surface area contributed by atoms with E-state index in [1.54, 1.807) is 24.3 Å². The Hall–Kier alpha value is -3.85. The van der Waals surface area contributed by atoms with E-state index in [1.165, 1.54) is 42.7 Å². The molecule has 1 aromatic heterocycles. The highest BCUT2D eigenvalue weighted by Crippen LogP contribution is 2.33. The number of nitrogens with zero attached hydrogens (tertiary/aromatic N) is 4. The second kappa shape index (κ2) is 8.11. The maximum Gasteiger partial charge on any atom is 0.262 e. The molecule has 10 heteroatoms. The second-order valence-electron chi connectivity index (χ2n) is 6.93. The summed E-state index contributed by atoms with van der Waals surface area (Å²) in [6.45, 7) is -0.814. The minimum atomic E-state index is -1.37. The van der Waals surface area contributed by atoms with Crippen molar-refractivity contribution >= 4 is 29.3 Å². The van der Waals surface area contributed by atoms with Crippen molar-refractivity contribution in [2.45, 2.75) is 12.0 Å². The van der Waals surface area contributed by atoms with Crippen LogP contribution in [0.3, 0.4) is 0 Å². The molecule has 0 N–H and O–H groups in total. The summed E-state index contributed by atoms with van der Waals surface area (Å²) in [7, 11) is 0. The van der Waals surface area contributed by atoms with Crippen LogP contribution in [0.15, 0.2) is 67.0 Å². The van der Waals surface area contributed by atoms with Crippen molar-refractivity contribution in [1.29, 1.82) is 0 Å². The molecule has 0 unspecified atom stereocenters. The highest BCUT2D eigenvalue weighted by atomic mass is 35.5. The van der Waals surface area contributed by atoms with Crippen molar-refractivity contribution < 1.29 is 19.3 Å². The number of halogens is 1. The van der Waals surface area contributed by atoms with Gasteiger partial charge < -0.3 is 0 Å².